The van der Waals surface area contributed by atoms with E-state index in [1.54, 1.807) is 24.3 Å². The van der Waals surface area contributed by atoms with E-state index in [0.29, 0.717) is 12.3 Å². The number of unbranched alkanes of at least 4 members (excludes halogenated alkanes) is 2. The Hall–Kier alpha value is -2.10. The Labute approximate surface area is 112 Å². The second-order valence-corrected chi connectivity index (χ2v) is 4.39. The van der Waals surface area contributed by atoms with Gasteiger partial charge in [-0.2, -0.15) is 0 Å². The minimum Gasteiger partial charge on any atom is -0.494 e. The molecule has 100 valence electrons. The van der Waals surface area contributed by atoms with E-state index in [2.05, 4.69) is 6.92 Å². The number of carbonyl (C=O) groups is 2. The summed E-state index contributed by atoms with van der Waals surface area (Å²) < 4.78 is 5.58. The van der Waals surface area contributed by atoms with E-state index in [9.17, 15) is 9.59 Å². The molecule has 0 bridgehead atoms. The topological polar surface area (TPSA) is 46.6 Å². The van der Waals surface area contributed by atoms with Crippen molar-refractivity contribution in [3.8, 4) is 5.75 Å². The highest BCUT2D eigenvalue weighted by molar-refractivity contribution is 6.28. The van der Waals surface area contributed by atoms with Crippen molar-refractivity contribution in [3.05, 3.63) is 36.4 Å². The second kappa shape index (κ2) is 6.18. The van der Waals surface area contributed by atoms with Gasteiger partial charge in [0, 0.05) is 12.2 Å². The van der Waals surface area contributed by atoms with E-state index in [0.717, 1.165) is 29.9 Å². The SMILES string of the molecule is CCCCCOc1ccc(N2C(=O)C=CC2=O)cc1. The molecule has 0 N–H and O–H groups in total. The number of hydrogen-bond donors (Lipinski definition) is 0. The zero-order chi connectivity index (χ0) is 13.7. The number of ether oxygens (including phenoxy) is 1. The monoisotopic (exact) mass is 259 g/mol. The fraction of sp³-hybridized carbons (Fsp3) is 0.333. The second-order valence-electron chi connectivity index (χ2n) is 4.39. The predicted molar refractivity (Wildman–Crippen MR) is 73.1 cm³/mol. The Morgan fingerprint density at radius 3 is 2.21 bits per heavy atom. The first-order valence-electron chi connectivity index (χ1n) is 6.51. The maximum atomic E-state index is 11.5. The maximum absolute atomic E-state index is 11.5. The molecule has 1 aliphatic rings. The highest BCUT2D eigenvalue weighted by atomic mass is 16.5. The summed E-state index contributed by atoms with van der Waals surface area (Å²) in [4.78, 5) is 24.1. The van der Waals surface area contributed by atoms with Gasteiger partial charge in [-0.25, -0.2) is 4.90 Å². The molecule has 0 atom stereocenters. The summed E-state index contributed by atoms with van der Waals surface area (Å²) >= 11 is 0. The molecule has 0 saturated heterocycles. The van der Waals surface area contributed by atoms with Crippen LogP contribution in [0, 0.1) is 0 Å². The Balaban J connectivity index is 1.95. The van der Waals surface area contributed by atoms with Gasteiger partial charge in [0.05, 0.1) is 12.3 Å². The molecule has 2 amide bonds. The lowest BCUT2D eigenvalue weighted by Crippen LogP contribution is -2.29. The summed E-state index contributed by atoms with van der Waals surface area (Å²) in [5.41, 5.74) is 0.570. The lowest BCUT2D eigenvalue weighted by Gasteiger charge is -2.14. The zero-order valence-electron chi connectivity index (χ0n) is 11.0. The number of benzene rings is 1. The fourth-order valence-corrected chi connectivity index (χ4v) is 1.89. The summed E-state index contributed by atoms with van der Waals surface area (Å²) in [5, 5.41) is 0. The third-order valence-electron chi connectivity index (χ3n) is 2.92. The van der Waals surface area contributed by atoms with Crippen molar-refractivity contribution in [1.82, 2.24) is 0 Å². The highest BCUT2D eigenvalue weighted by Crippen LogP contribution is 2.22. The third-order valence-corrected chi connectivity index (χ3v) is 2.92. The number of hydrogen-bond acceptors (Lipinski definition) is 3. The van der Waals surface area contributed by atoms with Gasteiger partial charge < -0.3 is 4.74 Å². The van der Waals surface area contributed by atoms with Crippen LogP contribution in [0.1, 0.15) is 26.2 Å². The van der Waals surface area contributed by atoms with Crippen LogP contribution in [0.3, 0.4) is 0 Å². The van der Waals surface area contributed by atoms with Gasteiger partial charge in [0.15, 0.2) is 0 Å². The molecule has 0 radical (unpaired) electrons. The van der Waals surface area contributed by atoms with Crippen molar-refractivity contribution < 1.29 is 14.3 Å². The Morgan fingerprint density at radius 1 is 1.00 bits per heavy atom. The molecule has 0 unspecified atom stereocenters. The number of imide groups is 1. The molecule has 19 heavy (non-hydrogen) atoms. The van der Waals surface area contributed by atoms with Gasteiger partial charge in [-0.3, -0.25) is 9.59 Å². The van der Waals surface area contributed by atoms with Crippen LogP contribution >= 0.6 is 0 Å². The first-order valence-corrected chi connectivity index (χ1v) is 6.51. The molecule has 1 aliphatic heterocycles. The van der Waals surface area contributed by atoms with Crippen LogP contribution in [0.15, 0.2) is 36.4 Å². The van der Waals surface area contributed by atoms with Gasteiger partial charge in [-0.15, -0.1) is 0 Å². The molecule has 1 aromatic carbocycles. The van der Waals surface area contributed by atoms with Crippen molar-refractivity contribution in [2.24, 2.45) is 0 Å². The predicted octanol–water partition coefficient (Wildman–Crippen LogP) is 2.69. The number of amides is 2. The fourth-order valence-electron chi connectivity index (χ4n) is 1.89. The summed E-state index contributed by atoms with van der Waals surface area (Å²) in [5.74, 6) is 0.148. The molecule has 1 aromatic rings. The minimum absolute atomic E-state index is 0.304. The van der Waals surface area contributed by atoms with Gasteiger partial charge >= 0.3 is 0 Å². The molecular formula is C15H17NO3. The Kier molecular flexibility index (Phi) is 4.34. The van der Waals surface area contributed by atoms with E-state index < -0.39 is 0 Å². The summed E-state index contributed by atoms with van der Waals surface area (Å²) in [6.45, 7) is 2.84. The number of rotatable bonds is 6. The largest absolute Gasteiger partial charge is 0.494 e. The average molecular weight is 259 g/mol. The minimum atomic E-state index is -0.304. The Bertz CT molecular complexity index is 473. The molecular weight excluding hydrogens is 242 g/mol. The van der Waals surface area contributed by atoms with E-state index in [-0.39, 0.29) is 11.8 Å². The highest BCUT2D eigenvalue weighted by Gasteiger charge is 2.24. The van der Waals surface area contributed by atoms with Gasteiger partial charge in [-0.05, 0) is 30.7 Å². The molecule has 1 heterocycles. The van der Waals surface area contributed by atoms with Gasteiger partial charge in [-0.1, -0.05) is 19.8 Å². The number of nitrogens with zero attached hydrogens (tertiary/aromatic N) is 1. The van der Waals surface area contributed by atoms with Gasteiger partial charge in [0.1, 0.15) is 5.75 Å². The Morgan fingerprint density at radius 2 is 1.63 bits per heavy atom. The summed E-state index contributed by atoms with van der Waals surface area (Å²) in [6.07, 6.45) is 5.90. The van der Waals surface area contributed by atoms with E-state index >= 15 is 0 Å². The van der Waals surface area contributed by atoms with E-state index in [1.165, 1.54) is 12.2 Å². The molecule has 4 heteroatoms. The summed E-state index contributed by atoms with van der Waals surface area (Å²) in [6, 6.07) is 7.00. The van der Waals surface area contributed by atoms with Crippen LogP contribution in [0.4, 0.5) is 5.69 Å². The van der Waals surface area contributed by atoms with Crippen molar-refractivity contribution in [3.63, 3.8) is 0 Å². The zero-order valence-corrected chi connectivity index (χ0v) is 11.0. The van der Waals surface area contributed by atoms with Crippen molar-refractivity contribution in [2.75, 3.05) is 11.5 Å². The van der Waals surface area contributed by atoms with Crippen LogP contribution in [0.25, 0.3) is 0 Å². The van der Waals surface area contributed by atoms with Crippen molar-refractivity contribution in [1.29, 1.82) is 0 Å². The molecule has 0 aliphatic carbocycles. The smallest absolute Gasteiger partial charge is 0.258 e. The first-order chi connectivity index (χ1) is 9.22. The van der Waals surface area contributed by atoms with Crippen LogP contribution in [0.2, 0.25) is 0 Å². The summed E-state index contributed by atoms with van der Waals surface area (Å²) in [7, 11) is 0. The number of anilines is 1. The molecule has 2 rings (SSSR count). The average Bonchev–Trinajstić information content (AvgIpc) is 2.75. The maximum Gasteiger partial charge on any atom is 0.258 e. The third kappa shape index (κ3) is 3.22. The molecule has 0 fully saturated rings. The van der Waals surface area contributed by atoms with Gasteiger partial charge in [0.25, 0.3) is 11.8 Å². The normalized spacial score (nSPS) is 14.3. The van der Waals surface area contributed by atoms with E-state index in [1.807, 2.05) is 0 Å². The van der Waals surface area contributed by atoms with Crippen LogP contribution in [-0.4, -0.2) is 18.4 Å². The van der Waals surface area contributed by atoms with Crippen molar-refractivity contribution >= 4 is 17.5 Å². The van der Waals surface area contributed by atoms with Crippen LogP contribution in [-0.2, 0) is 9.59 Å². The number of carbonyl (C=O) groups excluding carboxylic acids is 2. The van der Waals surface area contributed by atoms with E-state index in [4.69, 9.17) is 4.74 Å². The van der Waals surface area contributed by atoms with Gasteiger partial charge in [0.2, 0.25) is 0 Å². The lowest BCUT2D eigenvalue weighted by molar-refractivity contribution is -0.119. The van der Waals surface area contributed by atoms with Crippen molar-refractivity contribution in [2.45, 2.75) is 26.2 Å². The molecule has 0 saturated carbocycles. The standard InChI is InChI=1S/C15H17NO3/c1-2-3-4-11-19-13-7-5-12(6-8-13)16-14(17)9-10-15(16)18/h5-10H,2-4,11H2,1H3. The van der Waals surface area contributed by atoms with Crippen LogP contribution in [0.5, 0.6) is 5.75 Å². The van der Waals surface area contributed by atoms with Crippen LogP contribution < -0.4 is 9.64 Å². The lowest BCUT2D eigenvalue weighted by atomic mass is 10.2. The molecule has 0 spiro atoms. The molecule has 4 nitrogen and oxygen atoms in total. The quantitative estimate of drug-likeness (QED) is 0.583. The first kappa shape index (κ1) is 13.3. The molecule has 0 aromatic heterocycles.